The molecule has 4 amide bonds. The first-order valence-corrected chi connectivity index (χ1v) is 10.3. The average Bonchev–Trinajstić information content (AvgIpc) is 2.72. The fraction of sp³-hybridized carbons (Fsp3) is 0.611. The van der Waals surface area contributed by atoms with E-state index in [1.54, 1.807) is 0 Å². The standard InChI is InChI=1S/C18H32N8O9/c1-7(27)13(20)16(33)26-10(6-12(29)30)15(32)25-9(5-11(19)28)14(31)24-8(17(34)35)3-2-4-23-18(21)22/h7-10,13,27H,2-6,20H2,1H3,(H2,19,28)(H,24,31)(H,25,32)(H,26,33)(H,29,30)(H,34,35)(H4,21,22,23). The zero-order valence-corrected chi connectivity index (χ0v) is 19.0. The van der Waals surface area contributed by atoms with Gasteiger partial charge in [0, 0.05) is 6.54 Å². The maximum Gasteiger partial charge on any atom is 0.326 e. The molecule has 0 aliphatic heterocycles. The third kappa shape index (κ3) is 12.7. The van der Waals surface area contributed by atoms with E-state index >= 15 is 0 Å². The molecule has 5 unspecified atom stereocenters. The molecular weight excluding hydrogens is 472 g/mol. The molecule has 35 heavy (non-hydrogen) atoms. The first-order chi connectivity index (χ1) is 16.1. The Morgan fingerprint density at radius 1 is 0.829 bits per heavy atom. The summed E-state index contributed by atoms with van der Waals surface area (Å²) in [6.45, 7) is 1.27. The molecule has 0 aromatic heterocycles. The highest BCUT2D eigenvalue weighted by molar-refractivity contribution is 5.97. The van der Waals surface area contributed by atoms with Crippen molar-refractivity contribution in [2.24, 2.45) is 27.9 Å². The second kappa shape index (κ2) is 15.0. The van der Waals surface area contributed by atoms with Crippen molar-refractivity contribution in [3.63, 3.8) is 0 Å². The number of rotatable bonds is 16. The van der Waals surface area contributed by atoms with Crippen molar-refractivity contribution in [2.45, 2.75) is 62.9 Å². The van der Waals surface area contributed by atoms with Crippen LogP contribution in [0.1, 0.15) is 32.6 Å². The second-order valence-electron chi connectivity index (χ2n) is 7.51. The minimum Gasteiger partial charge on any atom is -0.481 e. The third-order valence-corrected chi connectivity index (χ3v) is 4.43. The van der Waals surface area contributed by atoms with E-state index in [1.807, 2.05) is 5.32 Å². The Balaban J connectivity index is 5.51. The molecule has 0 saturated carbocycles. The highest BCUT2D eigenvalue weighted by atomic mass is 16.4. The number of hydrogen-bond acceptors (Lipinski definition) is 9. The van der Waals surface area contributed by atoms with E-state index in [0.29, 0.717) is 0 Å². The van der Waals surface area contributed by atoms with Gasteiger partial charge in [0.05, 0.1) is 18.9 Å². The predicted molar refractivity (Wildman–Crippen MR) is 119 cm³/mol. The Morgan fingerprint density at radius 3 is 1.74 bits per heavy atom. The number of nitrogens with one attached hydrogen (secondary N) is 3. The normalized spacial score (nSPS) is 14.8. The molecule has 14 N–H and O–H groups in total. The number of primary amides is 1. The second-order valence-corrected chi connectivity index (χ2v) is 7.51. The van der Waals surface area contributed by atoms with Crippen LogP contribution < -0.4 is 38.9 Å². The molecule has 5 atom stereocenters. The quantitative estimate of drug-likeness (QED) is 0.0535. The first kappa shape index (κ1) is 31.0. The van der Waals surface area contributed by atoms with Gasteiger partial charge < -0.3 is 54.2 Å². The minimum atomic E-state index is -1.75. The number of amides is 4. The number of aliphatic carboxylic acids is 2. The van der Waals surface area contributed by atoms with Crippen LogP contribution in [-0.2, 0) is 28.8 Å². The number of carboxylic acid groups (broad SMARTS) is 2. The number of aliphatic hydroxyl groups excluding tert-OH is 1. The Labute approximate surface area is 199 Å². The Kier molecular flexibility index (Phi) is 13.3. The Morgan fingerprint density at radius 2 is 1.31 bits per heavy atom. The molecule has 0 heterocycles. The maximum absolute atomic E-state index is 12.6. The lowest BCUT2D eigenvalue weighted by atomic mass is 10.1. The summed E-state index contributed by atoms with van der Waals surface area (Å²) in [5.41, 5.74) is 20.9. The third-order valence-electron chi connectivity index (χ3n) is 4.43. The molecule has 0 saturated heterocycles. The van der Waals surface area contributed by atoms with Gasteiger partial charge in [-0.2, -0.15) is 0 Å². The first-order valence-electron chi connectivity index (χ1n) is 10.3. The fourth-order valence-corrected chi connectivity index (χ4v) is 2.59. The van der Waals surface area contributed by atoms with Crippen LogP contribution in [0.5, 0.6) is 0 Å². The number of carboxylic acids is 2. The number of carbonyl (C=O) groups excluding carboxylic acids is 4. The molecule has 0 spiro atoms. The van der Waals surface area contributed by atoms with Crippen molar-refractivity contribution in [2.75, 3.05) is 6.54 Å². The zero-order valence-electron chi connectivity index (χ0n) is 19.0. The summed E-state index contributed by atoms with van der Waals surface area (Å²) in [6, 6.07) is -6.37. The molecule has 0 aromatic rings. The van der Waals surface area contributed by atoms with Crippen LogP contribution in [0.2, 0.25) is 0 Å². The van der Waals surface area contributed by atoms with E-state index in [1.165, 1.54) is 6.92 Å². The summed E-state index contributed by atoms with van der Waals surface area (Å²) < 4.78 is 0. The van der Waals surface area contributed by atoms with Gasteiger partial charge in [0.25, 0.3) is 0 Å². The smallest absolute Gasteiger partial charge is 0.326 e. The van der Waals surface area contributed by atoms with Gasteiger partial charge in [-0.25, -0.2) is 4.79 Å². The molecular formula is C18H32N8O9. The molecule has 17 nitrogen and oxygen atoms in total. The summed E-state index contributed by atoms with van der Waals surface area (Å²) in [5.74, 6) is -7.52. The van der Waals surface area contributed by atoms with Gasteiger partial charge in [0.15, 0.2) is 5.96 Å². The summed E-state index contributed by atoms with van der Waals surface area (Å²) in [7, 11) is 0. The number of nitrogens with two attached hydrogens (primary N) is 4. The van der Waals surface area contributed by atoms with E-state index < -0.39 is 78.7 Å². The molecule has 17 heteroatoms. The maximum atomic E-state index is 12.6. The van der Waals surface area contributed by atoms with Crippen molar-refractivity contribution < 1.29 is 44.1 Å². The van der Waals surface area contributed by atoms with Gasteiger partial charge in [-0.3, -0.25) is 29.0 Å². The molecule has 0 fully saturated rings. The summed E-state index contributed by atoms with van der Waals surface area (Å²) in [6.07, 6.45) is -2.96. The van der Waals surface area contributed by atoms with E-state index in [4.69, 9.17) is 28.0 Å². The summed E-state index contributed by atoms with van der Waals surface area (Å²) in [4.78, 5) is 75.0. The summed E-state index contributed by atoms with van der Waals surface area (Å²) >= 11 is 0. The van der Waals surface area contributed by atoms with Crippen LogP contribution in [0.4, 0.5) is 0 Å². The minimum absolute atomic E-state index is 0.0780. The SMILES string of the molecule is CC(O)C(N)C(=O)NC(CC(=O)O)C(=O)NC(CC(N)=O)C(=O)NC(CCCN=C(N)N)C(=O)O. The molecule has 0 bridgehead atoms. The number of hydrogen-bond donors (Lipinski definition) is 10. The topological polar surface area (TPSA) is 316 Å². The van der Waals surface area contributed by atoms with Gasteiger partial charge >= 0.3 is 11.9 Å². The highest BCUT2D eigenvalue weighted by Gasteiger charge is 2.32. The van der Waals surface area contributed by atoms with Crippen LogP contribution in [-0.4, -0.2) is 93.7 Å². The van der Waals surface area contributed by atoms with Crippen LogP contribution in [0.3, 0.4) is 0 Å². The van der Waals surface area contributed by atoms with E-state index in [2.05, 4.69) is 15.6 Å². The summed E-state index contributed by atoms with van der Waals surface area (Å²) in [5, 5.41) is 34.0. The van der Waals surface area contributed by atoms with Crippen LogP contribution in [0.15, 0.2) is 4.99 Å². The zero-order chi connectivity index (χ0) is 27.3. The van der Waals surface area contributed by atoms with Crippen LogP contribution >= 0.6 is 0 Å². The number of nitrogens with zero attached hydrogens (tertiary/aromatic N) is 1. The molecule has 0 aliphatic rings. The molecule has 0 radical (unpaired) electrons. The lowest BCUT2D eigenvalue weighted by Gasteiger charge is -2.24. The van der Waals surface area contributed by atoms with Crippen LogP contribution in [0, 0.1) is 0 Å². The lowest BCUT2D eigenvalue weighted by Crippen LogP contribution is -2.59. The molecule has 0 aliphatic carbocycles. The molecule has 198 valence electrons. The van der Waals surface area contributed by atoms with Gasteiger partial charge in [0.2, 0.25) is 23.6 Å². The number of aliphatic imine (C=N–C) groups is 1. The van der Waals surface area contributed by atoms with Crippen LogP contribution in [0.25, 0.3) is 0 Å². The average molecular weight is 505 g/mol. The fourth-order valence-electron chi connectivity index (χ4n) is 2.59. The number of carbonyl (C=O) groups is 6. The molecule has 0 aromatic carbocycles. The van der Waals surface area contributed by atoms with Crippen molar-refractivity contribution in [1.29, 1.82) is 0 Å². The highest BCUT2D eigenvalue weighted by Crippen LogP contribution is 2.03. The van der Waals surface area contributed by atoms with Crippen molar-refractivity contribution >= 4 is 41.5 Å². The predicted octanol–water partition coefficient (Wildman–Crippen LogP) is -5.36. The van der Waals surface area contributed by atoms with Crippen molar-refractivity contribution in [3.8, 4) is 0 Å². The van der Waals surface area contributed by atoms with Gasteiger partial charge in [0.1, 0.15) is 24.2 Å². The van der Waals surface area contributed by atoms with E-state index in [0.717, 1.165) is 0 Å². The largest absolute Gasteiger partial charge is 0.481 e. The molecule has 0 rings (SSSR count). The van der Waals surface area contributed by atoms with Gasteiger partial charge in [-0.15, -0.1) is 0 Å². The Hall–Kier alpha value is -3.99. The number of guanidine groups is 1. The van der Waals surface area contributed by atoms with E-state index in [9.17, 15) is 39.0 Å². The number of aliphatic hydroxyl groups is 1. The van der Waals surface area contributed by atoms with Gasteiger partial charge in [-0.05, 0) is 19.8 Å². The Bertz CT molecular complexity index is 829. The monoisotopic (exact) mass is 504 g/mol. The van der Waals surface area contributed by atoms with Crippen molar-refractivity contribution in [1.82, 2.24) is 16.0 Å². The van der Waals surface area contributed by atoms with Gasteiger partial charge in [-0.1, -0.05) is 0 Å². The van der Waals surface area contributed by atoms with E-state index in [-0.39, 0.29) is 25.3 Å². The lowest BCUT2D eigenvalue weighted by molar-refractivity contribution is -0.143. The van der Waals surface area contributed by atoms with Crippen molar-refractivity contribution in [3.05, 3.63) is 0 Å².